The van der Waals surface area contributed by atoms with Gasteiger partial charge in [0.15, 0.2) is 0 Å². The van der Waals surface area contributed by atoms with Crippen molar-refractivity contribution in [3.8, 4) is 0 Å². The standard InChI is InChI=1S/C25H31N3O5/c1-24(2,3)32-22(30)19-16(10-9-15-8-7-11-26-13-15)12-17-14-27(23(31)33-25(4,5)6)20-18(17)28(19)21(20)29/h7-11,13,17-18,20H,12,14H2,1-6H3/b10-9+/t17?,18-,20?/m1/s1. The molecule has 0 radical (unpaired) electrons. The van der Waals surface area contributed by atoms with E-state index in [0.29, 0.717) is 18.5 Å². The number of esters is 1. The van der Waals surface area contributed by atoms with Crippen LogP contribution >= 0.6 is 0 Å². The topological polar surface area (TPSA) is 89.0 Å². The molecular formula is C25H31N3O5. The molecule has 0 aromatic carbocycles. The first-order chi connectivity index (χ1) is 15.4. The normalized spacial score (nSPS) is 24.7. The number of pyridine rings is 1. The molecule has 2 fully saturated rings. The Morgan fingerprint density at radius 1 is 1.09 bits per heavy atom. The van der Waals surface area contributed by atoms with Crippen molar-refractivity contribution in [2.45, 2.75) is 71.2 Å². The molecule has 2 saturated heterocycles. The Balaban J connectivity index is 1.67. The van der Waals surface area contributed by atoms with Crippen LogP contribution in [0.4, 0.5) is 4.79 Å². The number of amides is 2. The predicted molar refractivity (Wildman–Crippen MR) is 122 cm³/mol. The fourth-order valence-electron chi connectivity index (χ4n) is 4.62. The van der Waals surface area contributed by atoms with Crippen LogP contribution in [0.25, 0.3) is 6.08 Å². The van der Waals surface area contributed by atoms with Crippen LogP contribution in [0.15, 0.2) is 41.9 Å². The first-order valence-corrected chi connectivity index (χ1v) is 11.2. The molecule has 8 nitrogen and oxygen atoms in total. The molecule has 0 bridgehead atoms. The second-order valence-electron chi connectivity index (χ2n) is 10.7. The zero-order valence-electron chi connectivity index (χ0n) is 20.0. The molecule has 0 aliphatic carbocycles. The van der Waals surface area contributed by atoms with E-state index in [2.05, 4.69) is 4.98 Å². The van der Waals surface area contributed by atoms with Crippen molar-refractivity contribution < 1.29 is 23.9 Å². The average Bonchev–Trinajstić information content (AvgIpc) is 3.06. The Labute approximate surface area is 194 Å². The molecule has 0 saturated carbocycles. The van der Waals surface area contributed by atoms with E-state index in [9.17, 15) is 14.4 Å². The van der Waals surface area contributed by atoms with Gasteiger partial charge in [0.1, 0.15) is 22.9 Å². The van der Waals surface area contributed by atoms with Crippen molar-refractivity contribution in [3.63, 3.8) is 0 Å². The van der Waals surface area contributed by atoms with Gasteiger partial charge in [-0.25, -0.2) is 9.59 Å². The van der Waals surface area contributed by atoms with E-state index in [1.807, 2.05) is 24.3 Å². The van der Waals surface area contributed by atoms with Gasteiger partial charge in [0.25, 0.3) is 5.91 Å². The third kappa shape index (κ3) is 4.51. The molecule has 0 spiro atoms. The third-order valence-electron chi connectivity index (χ3n) is 5.77. The molecule has 1 aromatic rings. The van der Waals surface area contributed by atoms with Crippen LogP contribution in [0.5, 0.6) is 0 Å². The minimum absolute atomic E-state index is 0.0138. The number of hydrogen-bond acceptors (Lipinski definition) is 6. The number of allylic oxidation sites excluding steroid dienone is 2. The van der Waals surface area contributed by atoms with Crippen molar-refractivity contribution >= 4 is 24.0 Å². The highest BCUT2D eigenvalue weighted by atomic mass is 16.6. The summed E-state index contributed by atoms with van der Waals surface area (Å²) in [6.07, 6.45) is 7.19. The van der Waals surface area contributed by atoms with Crippen molar-refractivity contribution in [1.82, 2.24) is 14.8 Å². The number of carbonyl (C=O) groups is 3. The number of likely N-dealkylation sites (tertiary alicyclic amines) is 1. The molecule has 3 aliphatic heterocycles. The third-order valence-corrected chi connectivity index (χ3v) is 5.77. The summed E-state index contributed by atoms with van der Waals surface area (Å²) in [5.74, 6) is -0.796. The van der Waals surface area contributed by atoms with Crippen molar-refractivity contribution in [1.29, 1.82) is 0 Å². The highest BCUT2D eigenvalue weighted by Crippen LogP contribution is 2.48. The molecule has 2 unspecified atom stereocenters. The van der Waals surface area contributed by atoms with Gasteiger partial charge < -0.3 is 9.47 Å². The number of nitrogens with zero attached hydrogens (tertiary/aromatic N) is 3. The van der Waals surface area contributed by atoms with Gasteiger partial charge in [0, 0.05) is 24.9 Å². The average molecular weight is 454 g/mol. The highest BCUT2D eigenvalue weighted by molar-refractivity contribution is 6.03. The summed E-state index contributed by atoms with van der Waals surface area (Å²) >= 11 is 0. The maximum absolute atomic E-state index is 13.2. The summed E-state index contributed by atoms with van der Waals surface area (Å²) in [7, 11) is 0. The van der Waals surface area contributed by atoms with Crippen molar-refractivity contribution in [2.24, 2.45) is 5.92 Å². The minimum atomic E-state index is -0.704. The molecule has 0 N–H and O–H groups in total. The lowest BCUT2D eigenvalue weighted by molar-refractivity contribution is -0.163. The number of β-lactam (4-membered cyclic amide) rings is 1. The lowest BCUT2D eigenvalue weighted by Crippen LogP contribution is -2.69. The molecule has 33 heavy (non-hydrogen) atoms. The number of carbonyl (C=O) groups excluding carboxylic acids is 3. The maximum atomic E-state index is 13.2. The fraction of sp³-hybridized carbons (Fsp3) is 0.520. The van der Waals surface area contributed by atoms with Gasteiger partial charge in [0.05, 0.1) is 6.04 Å². The Bertz CT molecular complexity index is 1030. The summed E-state index contributed by atoms with van der Waals surface area (Å²) in [6.45, 7) is 11.2. The Morgan fingerprint density at radius 3 is 2.39 bits per heavy atom. The zero-order valence-corrected chi connectivity index (χ0v) is 20.0. The Hall–Kier alpha value is -3.16. The largest absolute Gasteiger partial charge is 0.455 e. The molecule has 1 aromatic heterocycles. The lowest BCUT2D eigenvalue weighted by atomic mass is 9.79. The van der Waals surface area contributed by atoms with Crippen LogP contribution in [-0.2, 0) is 19.1 Å². The first kappa shape index (κ1) is 23.0. The zero-order chi connectivity index (χ0) is 24.1. The van der Waals surface area contributed by atoms with Crippen LogP contribution in [0.1, 0.15) is 53.5 Å². The van der Waals surface area contributed by atoms with E-state index in [0.717, 1.165) is 5.56 Å². The van der Waals surface area contributed by atoms with E-state index in [1.54, 1.807) is 53.9 Å². The van der Waals surface area contributed by atoms with Gasteiger partial charge >= 0.3 is 12.1 Å². The lowest BCUT2D eigenvalue weighted by Gasteiger charge is -2.50. The maximum Gasteiger partial charge on any atom is 0.411 e. The smallest absolute Gasteiger partial charge is 0.411 e. The second-order valence-corrected chi connectivity index (χ2v) is 10.7. The molecular weight excluding hydrogens is 422 g/mol. The highest BCUT2D eigenvalue weighted by Gasteiger charge is 2.64. The summed E-state index contributed by atoms with van der Waals surface area (Å²) in [4.78, 5) is 46.4. The fourth-order valence-corrected chi connectivity index (χ4v) is 4.62. The van der Waals surface area contributed by atoms with Gasteiger partial charge in [0.2, 0.25) is 0 Å². The molecule has 4 rings (SSSR count). The molecule has 8 heteroatoms. The molecule has 3 aliphatic rings. The van der Waals surface area contributed by atoms with Crippen molar-refractivity contribution in [3.05, 3.63) is 47.4 Å². The van der Waals surface area contributed by atoms with Gasteiger partial charge in [-0.2, -0.15) is 0 Å². The minimum Gasteiger partial charge on any atom is -0.455 e. The van der Waals surface area contributed by atoms with Crippen LogP contribution in [0.2, 0.25) is 0 Å². The number of rotatable bonds is 3. The Kier molecular flexibility index (Phi) is 5.58. The number of ether oxygens (including phenoxy) is 2. The van der Waals surface area contributed by atoms with Crippen LogP contribution in [0, 0.1) is 5.92 Å². The van der Waals surface area contributed by atoms with E-state index in [1.165, 1.54) is 9.80 Å². The van der Waals surface area contributed by atoms with E-state index in [-0.39, 0.29) is 23.6 Å². The number of aromatic nitrogens is 1. The van der Waals surface area contributed by atoms with E-state index in [4.69, 9.17) is 9.47 Å². The van der Waals surface area contributed by atoms with E-state index >= 15 is 0 Å². The molecule has 3 atom stereocenters. The summed E-state index contributed by atoms with van der Waals surface area (Å²) in [5.41, 5.74) is 0.496. The van der Waals surface area contributed by atoms with Gasteiger partial charge in [-0.05, 0) is 65.2 Å². The molecule has 4 heterocycles. The van der Waals surface area contributed by atoms with Gasteiger partial charge in [-0.3, -0.25) is 19.6 Å². The predicted octanol–water partition coefficient (Wildman–Crippen LogP) is 3.54. The van der Waals surface area contributed by atoms with Gasteiger partial charge in [-0.1, -0.05) is 18.2 Å². The monoisotopic (exact) mass is 453 g/mol. The van der Waals surface area contributed by atoms with Gasteiger partial charge in [-0.15, -0.1) is 0 Å². The summed E-state index contributed by atoms with van der Waals surface area (Å²) in [5, 5.41) is 0. The van der Waals surface area contributed by atoms with Crippen molar-refractivity contribution in [2.75, 3.05) is 6.54 Å². The first-order valence-electron chi connectivity index (χ1n) is 11.2. The second kappa shape index (κ2) is 8.01. The quantitative estimate of drug-likeness (QED) is 0.514. The van der Waals surface area contributed by atoms with Crippen LogP contribution in [0.3, 0.4) is 0 Å². The molecule has 2 amide bonds. The van der Waals surface area contributed by atoms with Crippen LogP contribution in [-0.4, -0.2) is 62.6 Å². The molecule has 176 valence electrons. The Morgan fingerprint density at radius 2 is 1.79 bits per heavy atom. The summed E-state index contributed by atoms with van der Waals surface area (Å²) < 4.78 is 11.2. The van der Waals surface area contributed by atoms with Crippen LogP contribution < -0.4 is 0 Å². The van der Waals surface area contributed by atoms with E-state index < -0.39 is 29.3 Å². The number of hydrogen-bond donors (Lipinski definition) is 0. The SMILES string of the molecule is CC(C)(C)OC(=O)C1=C(/C=C/c2cccnc2)CC2CN(C(=O)OC(C)(C)C)C3C(=O)N1[C@H]23. The summed E-state index contributed by atoms with van der Waals surface area (Å²) in [6, 6.07) is 2.89.